The second-order valence-electron chi connectivity index (χ2n) is 4.45. The third kappa shape index (κ3) is 2.64. The van der Waals surface area contributed by atoms with E-state index in [0.29, 0.717) is 12.1 Å². The maximum Gasteiger partial charge on any atom is 0.0543 e. The molecule has 2 rings (SSSR count). The lowest BCUT2D eigenvalue weighted by Crippen LogP contribution is -2.27. The number of hydrogen-bond donors (Lipinski definition) is 0. The Labute approximate surface area is 105 Å². The van der Waals surface area contributed by atoms with E-state index in [1.54, 1.807) is 0 Å². The van der Waals surface area contributed by atoms with E-state index < -0.39 is 0 Å². The summed E-state index contributed by atoms with van der Waals surface area (Å²) in [7, 11) is 0. The first-order chi connectivity index (χ1) is 7.66. The number of rotatable bonds is 2. The Morgan fingerprint density at radius 3 is 2.31 bits per heavy atom. The summed E-state index contributed by atoms with van der Waals surface area (Å²) in [5.41, 5.74) is 1.15. The minimum absolute atomic E-state index is 0.571. The molecule has 1 aromatic rings. The molecule has 0 aromatic heterocycles. The zero-order valence-corrected chi connectivity index (χ0v) is 11.3. The molecular weight excluding hydrogens is 264 g/mol. The fraction of sp³-hybridized carbons (Fsp3) is 0.462. The zero-order valence-electron chi connectivity index (χ0n) is 9.73. The van der Waals surface area contributed by atoms with E-state index >= 15 is 0 Å². The van der Waals surface area contributed by atoms with Crippen molar-refractivity contribution in [3.8, 4) is 0 Å². The molecule has 1 heterocycles. The molecule has 86 valence electrons. The first-order valence-corrected chi connectivity index (χ1v) is 6.54. The summed E-state index contributed by atoms with van der Waals surface area (Å²) < 4.78 is 1.10. The van der Waals surface area contributed by atoms with E-state index in [0.717, 1.165) is 10.0 Å². The highest BCUT2D eigenvalue weighted by Gasteiger charge is 2.25. The smallest absolute Gasteiger partial charge is 0.0543 e. The lowest BCUT2D eigenvalue weighted by atomic mass is 10.2. The van der Waals surface area contributed by atoms with Crippen LogP contribution in [0.1, 0.15) is 32.3 Å². The van der Waals surface area contributed by atoms with Gasteiger partial charge in [0.05, 0.1) is 6.21 Å². The van der Waals surface area contributed by atoms with Crippen LogP contribution in [0.5, 0.6) is 0 Å². The molecule has 1 aliphatic heterocycles. The van der Waals surface area contributed by atoms with Crippen molar-refractivity contribution in [1.29, 1.82) is 0 Å². The van der Waals surface area contributed by atoms with Crippen molar-refractivity contribution in [2.24, 2.45) is 5.10 Å². The van der Waals surface area contributed by atoms with Crippen LogP contribution in [0.25, 0.3) is 0 Å². The van der Waals surface area contributed by atoms with E-state index in [-0.39, 0.29) is 0 Å². The summed E-state index contributed by atoms with van der Waals surface area (Å²) in [4.78, 5) is 0. The minimum Gasteiger partial charge on any atom is -0.292 e. The molecule has 0 radical (unpaired) electrons. The second kappa shape index (κ2) is 5.00. The van der Waals surface area contributed by atoms with E-state index in [9.17, 15) is 0 Å². The van der Waals surface area contributed by atoms with Crippen LogP contribution in [-0.4, -0.2) is 23.3 Å². The highest BCUT2D eigenvalue weighted by Crippen LogP contribution is 2.23. The van der Waals surface area contributed by atoms with Crippen molar-refractivity contribution in [2.45, 2.75) is 38.8 Å². The number of nitrogens with zero attached hydrogens (tertiary/aromatic N) is 2. The standard InChI is InChI=1S/C13H17BrN2/c1-10-3-4-11(2)16(10)15-9-12-5-7-13(14)8-6-12/h5-11H,3-4H2,1-2H3/b15-9+/t10-,11-/m1/s1. The van der Waals surface area contributed by atoms with Crippen LogP contribution in [0.15, 0.2) is 33.8 Å². The Morgan fingerprint density at radius 2 is 1.75 bits per heavy atom. The Hall–Kier alpha value is -0.830. The van der Waals surface area contributed by atoms with E-state index in [2.05, 4.69) is 52.0 Å². The van der Waals surface area contributed by atoms with Gasteiger partial charge in [-0.3, -0.25) is 5.01 Å². The molecule has 0 saturated carbocycles. The van der Waals surface area contributed by atoms with Gasteiger partial charge in [0, 0.05) is 16.6 Å². The van der Waals surface area contributed by atoms with Crippen LogP contribution >= 0.6 is 15.9 Å². The first-order valence-electron chi connectivity index (χ1n) is 5.74. The van der Waals surface area contributed by atoms with Crippen molar-refractivity contribution >= 4 is 22.1 Å². The lowest BCUT2D eigenvalue weighted by molar-refractivity contribution is 0.226. The predicted octanol–water partition coefficient (Wildman–Crippen LogP) is 3.66. The molecule has 2 atom stereocenters. The van der Waals surface area contributed by atoms with Crippen LogP contribution in [0.2, 0.25) is 0 Å². The van der Waals surface area contributed by atoms with Crippen LogP contribution in [0, 0.1) is 0 Å². The fourth-order valence-electron chi connectivity index (χ4n) is 2.09. The molecule has 1 saturated heterocycles. The monoisotopic (exact) mass is 280 g/mol. The van der Waals surface area contributed by atoms with Gasteiger partial charge in [-0.15, -0.1) is 0 Å². The van der Waals surface area contributed by atoms with Crippen LogP contribution in [0.4, 0.5) is 0 Å². The normalized spacial score (nSPS) is 25.6. The van der Waals surface area contributed by atoms with Gasteiger partial charge in [-0.25, -0.2) is 0 Å². The van der Waals surface area contributed by atoms with Gasteiger partial charge in [-0.2, -0.15) is 5.10 Å². The third-order valence-electron chi connectivity index (χ3n) is 3.12. The lowest BCUT2D eigenvalue weighted by Gasteiger charge is -2.22. The number of hydrazone groups is 1. The molecule has 0 amide bonds. The molecule has 2 nitrogen and oxygen atoms in total. The van der Waals surface area contributed by atoms with Gasteiger partial charge < -0.3 is 0 Å². The largest absolute Gasteiger partial charge is 0.292 e. The highest BCUT2D eigenvalue weighted by atomic mass is 79.9. The average molecular weight is 281 g/mol. The summed E-state index contributed by atoms with van der Waals surface area (Å²) in [6, 6.07) is 9.36. The van der Waals surface area contributed by atoms with Gasteiger partial charge in [-0.05, 0) is 44.4 Å². The van der Waals surface area contributed by atoms with Crippen molar-refractivity contribution in [1.82, 2.24) is 5.01 Å². The van der Waals surface area contributed by atoms with Crippen molar-refractivity contribution in [2.75, 3.05) is 0 Å². The van der Waals surface area contributed by atoms with Crippen LogP contribution < -0.4 is 0 Å². The van der Waals surface area contributed by atoms with Gasteiger partial charge in [0.15, 0.2) is 0 Å². The van der Waals surface area contributed by atoms with Gasteiger partial charge in [0.2, 0.25) is 0 Å². The molecule has 1 aliphatic rings. The molecule has 0 unspecified atom stereocenters. The van der Waals surface area contributed by atoms with E-state index in [4.69, 9.17) is 0 Å². The Bertz CT molecular complexity index is 362. The number of halogens is 1. The maximum atomic E-state index is 4.58. The van der Waals surface area contributed by atoms with E-state index in [1.165, 1.54) is 12.8 Å². The molecule has 1 aromatic carbocycles. The molecular formula is C13H17BrN2. The summed E-state index contributed by atoms with van der Waals surface area (Å²) in [6.45, 7) is 4.48. The highest BCUT2D eigenvalue weighted by molar-refractivity contribution is 9.10. The minimum atomic E-state index is 0.571. The second-order valence-corrected chi connectivity index (χ2v) is 5.37. The molecule has 0 aliphatic carbocycles. The fourth-order valence-corrected chi connectivity index (χ4v) is 2.36. The predicted molar refractivity (Wildman–Crippen MR) is 71.7 cm³/mol. The summed E-state index contributed by atoms with van der Waals surface area (Å²) >= 11 is 3.43. The molecule has 1 fully saturated rings. The van der Waals surface area contributed by atoms with Gasteiger partial charge in [0.1, 0.15) is 0 Å². The summed E-state index contributed by atoms with van der Waals surface area (Å²) in [5.74, 6) is 0. The molecule has 0 spiro atoms. The van der Waals surface area contributed by atoms with Crippen LogP contribution in [0.3, 0.4) is 0 Å². The maximum absolute atomic E-state index is 4.58. The topological polar surface area (TPSA) is 15.6 Å². The Kier molecular flexibility index (Phi) is 3.64. The van der Waals surface area contributed by atoms with Crippen molar-refractivity contribution in [3.63, 3.8) is 0 Å². The SMILES string of the molecule is C[C@@H]1CC[C@@H](C)N1/N=C/c1ccc(Br)cc1. The average Bonchev–Trinajstić information content (AvgIpc) is 2.59. The number of benzene rings is 1. The Morgan fingerprint density at radius 1 is 1.19 bits per heavy atom. The number of hydrogen-bond acceptors (Lipinski definition) is 2. The molecule has 3 heteroatoms. The Balaban J connectivity index is 2.06. The van der Waals surface area contributed by atoms with Crippen molar-refractivity contribution in [3.05, 3.63) is 34.3 Å². The first kappa shape index (κ1) is 11.6. The molecule has 0 bridgehead atoms. The van der Waals surface area contributed by atoms with Gasteiger partial charge in [-0.1, -0.05) is 28.1 Å². The van der Waals surface area contributed by atoms with Crippen molar-refractivity contribution < 1.29 is 0 Å². The zero-order chi connectivity index (χ0) is 11.5. The summed E-state index contributed by atoms with van der Waals surface area (Å²) in [6.07, 6.45) is 4.45. The molecule has 0 N–H and O–H groups in total. The summed E-state index contributed by atoms with van der Waals surface area (Å²) in [5, 5.41) is 6.79. The third-order valence-corrected chi connectivity index (χ3v) is 3.64. The van der Waals surface area contributed by atoms with Gasteiger partial charge in [0.25, 0.3) is 0 Å². The molecule has 16 heavy (non-hydrogen) atoms. The van der Waals surface area contributed by atoms with E-state index in [1.807, 2.05) is 18.3 Å². The van der Waals surface area contributed by atoms with Gasteiger partial charge >= 0.3 is 0 Å². The quantitative estimate of drug-likeness (QED) is 0.755. The van der Waals surface area contributed by atoms with Crippen LogP contribution in [-0.2, 0) is 0 Å².